The first-order chi connectivity index (χ1) is 15.2. The van der Waals surface area contributed by atoms with E-state index in [0.29, 0.717) is 32.8 Å². The minimum absolute atomic E-state index is 0.141. The maximum absolute atomic E-state index is 12.0. The van der Waals surface area contributed by atoms with E-state index in [-0.39, 0.29) is 17.2 Å². The molecule has 0 aliphatic heterocycles. The van der Waals surface area contributed by atoms with Crippen molar-refractivity contribution < 1.29 is 17.9 Å². The molecule has 0 bridgehead atoms. The molecule has 1 aromatic heterocycles. The van der Waals surface area contributed by atoms with Crippen molar-refractivity contribution in [1.29, 1.82) is 5.41 Å². The minimum atomic E-state index is -3.39. The maximum atomic E-state index is 12.0. The molecule has 0 aliphatic carbocycles. The number of anilines is 1. The van der Waals surface area contributed by atoms with Gasteiger partial charge in [0.1, 0.15) is 5.71 Å². The Bertz CT molecular complexity index is 1300. The number of hydrogen-bond acceptors (Lipinski definition) is 9. The standard InChI is InChI=1S/C21H19ClN4O4S2/c1-3-30-21(27)16(23)12-18(24-17-10-5-4-9-15(17)22)20-25-19(26-31-20)13-7-6-8-14(11-13)32(2,28)29/h4-12,23-24H,3H2,1-2H3/b18-12-,23-16?. The van der Waals surface area contributed by atoms with Gasteiger partial charge >= 0.3 is 5.97 Å². The lowest BCUT2D eigenvalue weighted by molar-refractivity contribution is -0.135. The Hall–Kier alpha value is -3.08. The third-order valence-corrected chi connectivity index (χ3v) is 6.29. The highest BCUT2D eigenvalue weighted by atomic mass is 35.5. The number of benzene rings is 2. The van der Waals surface area contributed by atoms with Crippen molar-refractivity contribution in [3.05, 3.63) is 64.6 Å². The molecule has 32 heavy (non-hydrogen) atoms. The van der Waals surface area contributed by atoms with Crippen molar-refractivity contribution >= 4 is 56.0 Å². The molecular weight excluding hydrogens is 472 g/mol. The first-order valence-corrected chi connectivity index (χ1v) is 12.4. The maximum Gasteiger partial charge on any atom is 0.356 e. The summed E-state index contributed by atoms with van der Waals surface area (Å²) in [5.74, 6) is -0.471. The molecule has 1 heterocycles. The monoisotopic (exact) mass is 490 g/mol. The average Bonchev–Trinajstić information content (AvgIpc) is 3.24. The van der Waals surface area contributed by atoms with E-state index >= 15 is 0 Å². The van der Waals surface area contributed by atoms with Gasteiger partial charge in [0.05, 0.1) is 27.9 Å². The number of hydrogen-bond donors (Lipinski definition) is 2. The average molecular weight is 491 g/mol. The third-order valence-electron chi connectivity index (χ3n) is 4.10. The number of nitrogens with one attached hydrogen (secondary N) is 2. The van der Waals surface area contributed by atoms with Gasteiger partial charge in [-0.15, -0.1) is 0 Å². The number of rotatable bonds is 8. The molecule has 0 atom stereocenters. The van der Waals surface area contributed by atoms with Crippen molar-refractivity contribution in [2.24, 2.45) is 0 Å². The Morgan fingerprint density at radius 2 is 2.00 bits per heavy atom. The van der Waals surface area contributed by atoms with Gasteiger partial charge in [-0.3, -0.25) is 5.41 Å². The highest BCUT2D eigenvalue weighted by Crippen LogP contribution is 2.28. The topological polar surface area (TPSA) is 122 Å². The smallest absolute Gasteiger partial charge is 0.356 e. The summed E-state index contributed by atoms with van der Waals surface area (Å²) in [5, 5.41) is 11.9. The van der Waals surface area contributed by atoms with Crippen LogP contribution in [0.15, 0.2) is 59.5 Å². The summed E-state index contributed by atoms with van der Waals surface area (Å²) in [4.78, 5) is 16.6. The minimum Gasteiger partial charge on any atom is -0.461 e. The van der Waals surface area contributed by atoms with Crippen molar-refractivity contribution in [3.63, 3.8) is 0 Å². The van der Waals surface area contributed by atoms with Gasteiger partial charge < -0.3 is 10.1 Å². The first kappa shape index (κ1) is 23.6. The molecule has 0 radical (unpaired) electrons. The molecule has 0 amide bonds. The van der Waals surface area contributed by atoms with E-state index in [1.165, 1.54) is 18.2 Å². The largest absolute Gasteiger partial charge is 0.461 e. The Balaban J connectivity index is 2.01. The Morgan fingerprint density at radius 3 is 2.69 bits per heavy atom. The predicted molar refractivity (Wildman–Crippen MR) is 126 cm³/mol. The molecule has 3 rings (SSSR count). The van der Waals surface area contributed by atoms with Gasteiger partial charge in [0, 0.05) is 11.8 Å². The Kier molecular flexibility index (Phi) is 7.39. The number of carbonyl (C=O) groups excluding carboxylic acids is 1. The van der Waals surface area contributed by atoms with Crippen LogP contribution in [0.5, 0.6) is 0 Å². The molecule has 2 aromatic carbocycles. The second kappa shape index (κ2) is 10.0. The second-order valence-corrected chi connectivity index (χ2v) is 9.69. The van der Waals surface area contributed by atoms with Crippen molar-refractivity contribution in [2.75, 3.05) is 18.2 Å². The number of esters is 1. The summed E-state index contributed by atoms with van der Waals surface area (Å²) in [6.07, 6.45) is 2.42. The SMILES string of the molecule is CCOC(=O)C(=N)/C=C(\Nc1ccccc1Cl)c1nc(-c2cccc(S(C)(=O)=O)c2)ns1. The van der Waals surface area contributed by atoms with E-state index in [1.807, 2.05) is 0 Å². The molecule has 0 unspecified atom stereocenters. The van der Waals surface area contributed by atoms with Crippen LogP contribution in [0.2, 0.25) is 5.02 Å². The molecule has 2 N–H and O–H groups in total. The highest BCUT2D eigenvalue weighted by molar-refractivity contribution is 7.90. The number of ether oxygens (including phenoxy) is 1. The van der Waals surface area contributed by atoms with Crippen LogP contribution in [0.4, 0.5) is 5.69 Å². The quantitative estimate of drug-likeness (QED) is 0.356. The fourth-order valence-electron chi connectivity index (χ4n) is 2.59. The fraction of sp³-hybridized carbons (Fsp3) is 0.143. The van der Waals surface area contributed by atoms with Crippen LogP contribution in [0, 0.1) is 5.41 Å². The molecule has 11 heteroatoms. The van der Waals surface area contributed by atoms with Crippen LogP contribution in [0.1, 0.15) is 11.9 Å². The lowest BCUT2D eigenvalue weighted by Gasteiger charge is -2.10. The number of para-hydroxylation sites is 1. The van der Waals surface area contributed by atoms with Gasteiger partial charge in [0.15, 0.2) is 20.7 Å². The molecule has 0 aliphatic rings. The van der Waals surface area contributed by atoms with E-state index < -0.39 is 15.8 Å². The van der Waals surface area contributed by atoms with E-state index in [2.05, 4.69) is 14.7 Å². The van der Waals surface area contributed by atoms with Gasteiger partial charge in [0.25, 0.3) is 0 Å². The molecule has 3 aromatic rings. The Morgan fingerprint density at radius 1 is 1.25 bits per heavy atom. The number of carbonyl (C=O) groups is 1. The molecule has 0 saturated carbocycles. The van der Waals surface area contributed by atoms with E-state index in [9.17, 15) is 13.2 Å². The van der Waals surface area contributed by atoms with Gasteiger partial charge in [-0.05, 0) is 48.8 Å². The van der Waals surface area contributed by atoms with Gasteiger partial charge in [-0.1, -0.05) is 35.9 Å². The summed E-state index contributed by atoms with van der Waals surface area (Å²) in [7, 11) is -3.39. The zero-order valence-corrected chi connectivity index (χ0v) is 19.5. The predicted octanol–water partition coefficient (Wildman–Crippen LogP) is 4.30. The summed E-state index contributed by atoms with van der Waals surface area (Å²) in [5.41, 5.74) is 1.01. The summed E-state index contributed by atoms with van der Waals surface area (Å²) in [6, 6.07) is 13.3. The van der Waals surface area contributed by atoms with Crippen LogP contribution in [-0.2, 0) is 19.4 Å². The van der Waals surface area contributed by atoms with E-state index in [0.717, 1.165) is 17.8 Å². The lowest BCUT2D eigenvalue weighted by atomic mass is 10.2. The van der Waals surface area contributed by atoms with Crippen LogP contribution >= 0.6 is 23.1 Å². The van der Waals surface area contributed by atoms with Gasteiger partial charge in [0.2, 0.25) is 0 Å². The molecule has 8 nitrogen and oxygen atoms in total. The van der Waals surface area contributed by atoms with Gasteiger partial charge in [-0.25, -0.2) is 18.2 Å². The third kappa shape index (κ3) is 5.78. The van der Waals surface area contributed by atoms with E-state index in [4.69, 9.17) is 21.7 Å². The normalized spacial score (nSPS) is 11.8. The summed E-state index contributed by atoms with van der Waals surface area (Å²) < 4.78 is 32.9. The first-order valence-electron chi connectivity index (χ1n) is 9.32. The molecular formula is C21H19ClN4O4S2. The van der Waals surface area contributed by atoms with Crippen molar-refractivity contribution in [1.82, 2.24) is 9.36 Å². The zero-order valence-electron chi connectivity index (χ0n) is 17.1. The van der Waals surface area contributed by atoms with Crippen LogP contribution in [-0.4, -0.2) is 42.3 Å². The van der Waals surface area contributed by atoms with Crippen LogP contribution in [0.25, 0.3) is 17.1 Å². The molecule has 166 valence electrons. The Labute approximate surface area is 194 Å². The van der Waals surface area contributed by atoms with Crippen LogP contribution in [0.3, 0.4) is 0 Å². The molecule has 0 spiro atoms. The van der Waals surface area contributed by atoms with Crippen LogP contribution < -0.4 is 5.32 Å². The molecule has 0 saturated heterocycles. The van der Waals surface area contributed by atoms with E-state index in [1.54, 1.807) is 43.3 Å². The summed E-state index contributed by atoms with van der Waals surface area (Å²) in [6.45, 7) is 1.79. The van der Waals surface area contributed by atoms with Crippen molar-refractivity contribution in [3.8, 4) is 11.4 Å². The number of sulfone groups is 1. The number of nitrogens with zero attached hydrogens (tertiary/aromatic N) is 2. The second-order valence-electron chi connectivity index (χ2n) is 6.52. The highest BCUT2D eigenvalue weighted by Gasteiger charge is 2.17. The zero-order chi connectivity index (χ0) is 23.3. The summed E-state index contributed by atoms with van der Waals surface area (Å²) >= 11 is 7.27. The number of aromatic nitrogens is 2. The van der Waals surface area contributed by atoms with Crippen molar-refractivity contribution in [2.45, 2.75) is 11.8 Å². The fourth-order valence-corrected chi connectivity index (χ4v) is 4.09. The van der Waals surface area contributed by atoms with Gasteiger partial charge in [-0.2, -0.15) is 4.37 Å². The number of halogens is 1. The molecule has 0 fully saturated rings. The lowest BCUT2D eigenvalue weighted by Crippen LogP contribution is -2.15.